The minimum atomic E-state index is -0.531. The van der Waals surface area contributed by atoms with E-state index < -0.39 is 5.54 Å². The van der Waals surface area contributed by atoms with Crippen LogP contribution in [0.5, 0.6) is 0 Å². The molecule has 0 aliphatic rings. The Labute approximate surface area is 146 Å². The molecule has 0 saturated heterocycles. The van der Waals surface area contributed by atoms with Crippen LogP contribution in [0.2, 0.25) is 5.02 Å². The van der Waals surface area contributed by atoms with Crippen LogP contribution < -0.4 is 11.1 Å². The van der Waals surface area contributed by atoms with Crippen molar-refractivity contribution in [1.29, 1.82) is 0 Å². The number of nitrogens with zero attached hydrogens (tertiary/aromatic N) is 3. The predicted octanol–water partition coefficient (Wildman–Crippen LogP) is 2.43. The summed E-state index contributed by atoms with van der Waals surface area (Å²) in [5.74, 6) is 0.189. The Bertz CT molecular complexity index is 712. The van der Waals surface area contributed by atoms with E-state index in [-0.39, 0.29) is 29.0 Å². The second-order valence-corrected chi connectivity index (χ2v) is 6.29. The van der Waals surface area contributed by atoms with Crippen molar-refractivity contribution >= 4 is 29.9 Å². The van der Waals surface area contributed by atoms with Crippen LogP contribution >= 0.6 is 24.0 Å². The summed E-state index contributed by atoms with van der Waals surface area (Å²) in [6.07, 6.45) is 0. The molecule has 2 aromatic rings. The first-order chi connectivity index (χ1) is 10.2. The molecule has 0 atom stereocenters. The number of hydrogen-bond donors (Lipinski definition) is 2. The van der Waals surface area contributed by atoms with Crippen molar-refractivity contribution in [2.75, 3.05) is 6.54 Å². The third-order valence-electron chi connectivity index (χ3n) is 3.24. The summed E-state index contributed by atoms with van der Waals surface area (Å²) in [6.45, 7) is 7.81. The van der Waals surface area contributed by atoms with Gasteiger partial charge in [0.1, 0.15) is 5.69 Å². The molecule has 126 valence electrons. The molecule has 2 rings (SSSR count). The number of hydrogen-bond acceptors (Lipinski definition) is 4. The molecule has 0 bridgehead atoms. The molecule has 0 saturated carbocycles. The maximum Gasteiger partial charge on any atom is 0.271 e. The standard InChI is InChI=1S/C15H20ClN5O.ClH/c1-9-7-10(2)21(20-9)12-6-5-11(16)13(18-12)14(22)19-15(3,4)8-17;/h5-7H,8,17H2,1-4H3,(H,19,22);1H. The van der Waals surface area contributed by atoms with E-state index in [1.165, 1.54) is 0 Å². The average Bonchev–Trinajstić information content (AvgIpc) is 2.77. The van der Waals surface area contributed by atoms with Gasteiger partial charge >= 0.3 is 0 Å². The molecule has 8 heteroatoms. The number of carbonyl (C=O) groups excluding carboxylic acids is 1. The van der Waals surface area contributed by atoms with Gasteiger partial charge in [-0.1, -0.05) is 11.6 Å². The van der Waals surface area contributed by atoms with E-state index in [2.05, 4.69) is 15.4 Å². The highest BCUT2D eigenvalue weighted by molar-refractivity contribution is 6.33. The maximum atomic E-state index is 12.4. The lowest BCUT2D eigenvalue weighted by atomic mass is 10.1. The normalized spacial score (nSPS) is 11.0. The van der Waals surface area contributed by atoms with Crippen molar-refractivity contribution in [3.63, 3.8) is 0 Å². The SMILES string of the molecule is Cc1cc(C)n(-c2ccc(Cl)c(C(=O)NC(C)(C)CN)n2)n1.Cl. The number of carbonyl (C=O) groups is 1. The fourth-order valence-corrected chi connectivity index (χ4v) is 2.18. The second kappa shape index (κ2) is 7.29. The molecule has 0 aliphatic carbocycles. The quantitative estimate of drug-likeness (QED) is 0.879. The molecule has 0 fully saturated rings. The Morgan fingerprint density at radius 2 is 2.04 bits per heavy atom. The molecule has 23 heavy (non-hydrogen) atoms. The zero-order valence-electron chi connectivity index (χ0n) is 13.6. The van der Waals surface area contributed by atoms with Gasteiger partial charge in [0.05, 0.1) is 10.7 Å². The molecule has 1 amide bonds. The van der Waals surface area contributed by atoms with E-state index in [0.717, 1.165) is 11.4 Å². The number of pyridine rings is 1. The van der Waals surface area contributed by atoms with Gasteiger partial charge in [-0.05, 0) is 45.9 Å². The lowest BCUT2D eigenvalue weighted by Gasteiger charge is -2.24. The van der Waals surface area contributed by atoms with E-state index in [9.17, 15) is 4.79 Å². The molecule has 0 unspecified atom stereocenters. The fraction of sp³-hybridized carbons (Fsp3) is 0.400. The van der Waals surface area contributed by atoms with Crippen molar-refractivity contribution < 1.29 is 4.79 Å². The topological polar surface area (TPSA) is 85.8 Å². The Kier molecular flexibility index (Phi) is 6.16. The van der Waals surface area contributed by atoms with Crippen LogP contribution in [-0.4, -0.2) is 32.8 Å². The highest BCUT2D eigenvalue weighted by atomic mass is 35.5. The Morgan fingerprint density at radius 3 is 2.57 bits per heavy atom. The summed E-state index contributed by atoms with van der Waals surface area (Å²) < 4.78 is 1.68. The molecule has 0 spiro atoms. The van der Waals surface area contributed by atoms with E-state index in [0.29, 0.717) is 12.4 Å². The van der Waals surface area contributed by atoms with Crippen molar-refractivity contribution in [2.45, 2.75) is 33.2 Å². The average molecular weight is 358 g/mol. The number of nitrogens with one attached hydrogen (secondary N) is 1. The van der Waals surface area contributed by atoms with Gasteiger partial charge in [-0.15, -0.1) is 12.4 Å². The number of halogens is 2. The summed E-state index contributed by atoms with van der Waals surface area (Å²) in [7, 11) is 0. The summed E-state index contributed by atoms with van der Waals surface area (Å²) >= 11 is 6.11. The smallest absolute Gasteiger partial charge is 0.271 e. The molecule has 6 nitrogen and oxygen atoms in total. The van der Waals surface area contributed by atoms with Crippen LogP contribution in [0.25, 0.3) is 5.82 Å². The van der Waals surface area contributed by atoms with Gasteiger partial charge in [0.2, 0.25) is 0 Å². The van der Waals surface area contributed by atoms with E-state index >= 15 is 0 Å². The molecule has 0 aromatic carbocycles. The minimum absolute atomic E-state index is 0. The summed E-state index contributed by atoms with van der Waals surface area (Å²) in [5.41, 5.74) is 7.07. The van der Waals surface area contributed by atoms with E-state index in [1.54, 1.807) is 16.8 Å². The molecule has 2 heterocycles. The highest BCUT2D eigenvalue weighted by Gasteiger charge is 2.22. The van der Waals surface area contributed by atoms with Crippen LogP contribution in [0.3, 0.4) is 0 Å². The number of rotatable bonds is 4. The first-order valence-electron chi connectivity index (χ1n) is 6.96. The third-order valence-corrected chi connectivity index (χ3v) is 3.54. The van der Waals surface area contributed by atoms with Crippen molar-refractivity contribution in [1.82, 2.24) is 20.1 Å². The second-order valence-electron chi connectivity index (χ2n) is 5.88. The molecular formula is C15H21Cl2N5O. The van der Waals surface area contributed by atoms with Gasteiger partial charge < -0.3 is 11.1 Å². The fourth-order valence-electron chi connectivity index (χ4n) is 1.99. The monoisotopic (exact) mass is 357 g/mol. The van der Waals surface area contributed by atoms with Crippen LogP contribution in [0.4, 0.5) is 0 Å². The van der Waals surface area contributed by atoms with E-state index in [4.69, 9.17) is 17.3 Å². The summed E-state index contributed by atoms with van der Waals surface area (Å²) in [6, 6.07) is 5.31. The zero-order chi connectivity index (χ0) is 16.5. The van der Waals surface area contributed by atoms with Crippen LogP contribution in [0.15, 0.2) is 18.2 Å². The van der Waals surface area contributed by atoms with Crippen LogP contribution in [-0.2, 0) is 0 Å². The predicted molar refractivity (Wildman–Crippen MR) is 93.7 cm³/mol. The van der Waals surface area contributed by atoms with Gasteiger partial charge in [-0.3, -0.25) is 4.79 Å². The lowest BCUT2D eigenvalue weighted by Crippen LogP contribution is -2.49. The maximum absolute atomic E-state index is 12.4. The lowest BCUT2D eigenvalue weighted by molar-refractivity contribution is 0.0910. The van der Waals surface area contributed by atoms with Gasteiger partial charge in [0.15, 0.2) is 5.82 Å². The minimum Gasteiger partial charge on any atom is -0.345 e. The van der Waals surface area contributed by atoms with Crippen molar-refractivity contribution in [2.24, 2.45) is 5.73 Å². The van der Waals surface area contributed by atoms with Gasteiger partial charge in [0, 0.05) is 17.8 Å². The largest absolute Gasteiger partial charge is 0.345 e. The highest BCUT2D eigenvalue weighted by Crippen LogP contribution is 2.18. The molecule has 0 aliphatic heterocycles. The van der Waals surface area contributed by atoms with E-state index in [1.807, 2.05) is 33.8 Å². The first kappa shape index (κ1) is 19.4. The molecule has 3 N–H and O–H groups in total. The number of aromatic nitrogens is 3. The van der Waals surface area contributed by atoms with Crippen molar-refractivity contribution in [3.8, 4) is 5.82 Å². The Balaban J connectivity index is 0.00000264. The van der Waals surface area contributed by atoms with Crippen LogP contribution in [0.1, 0.15) is 35.7 Å². The molecule has 2 aromatic heterocycles. The number of aryl methyl sites for hydroxylation is 2. The number of nitrogens with two attached hydrogens (primary N) is 1. The number of amides is 1. The van der Waals surface area contributed by atoms with Crippen molar-refractivity contribution in [3.05, 3.63) is 40.3 Å². The summed E-state index contributed by atoms with van der Waals surface area (Å²) in [4.78, 5) is 16.7. The van der Waals surface area contributed by atoms with Gasteiger partial charge in [0.25, 0.3) is 5.91 Å². The van der Waals surface area contributed by atoms with Crippen LogP contribution in [0, 0.1) is 13.8 Å². The molecule has 0 radical (unpaired) electrons. The Morgan fingerprint density at radius 1 is 1.39 bits per heavy atom. The summed E-state index contributed by atoms with van der Waals surface area (Å²) in [5, 5.41) is 7.47. The Hall–Kier alpha value is -1.63. The molecular weight excluding hydrogens is 337 g/mol. The third kappa shape index (κ3) is 4.43. The first-order valence-corrected chi connectivity index (χ1v) is 7.34. The zero-order valence-corrected chi connectivity index (χ0v) is 15.1. The van der Waals surface area contributed by atoms with Gasteiger partial charge in [-0.25, -0.2) is 9.67 Å². The van der Waals surface area contributed by atoms with Gasteiger partial charge in [-0.2, -0.15) is 5.10 Å².